The number of carbonyl (C=O) groups excluding carboxylic acids is 1. The SMILES string of the molecule is CC.Cc1ncccc1C(=O)Cl. The summed E-state index contributed by atoms with van der Waals surface area (Å²) in [6.45, 7) is 5.75. The number of halogens is 1. The molecule has 0 unspecified atom stereocenters. The minimum Gasteiger partial charge on any atom is -0.276 e. The van der Waals surface area contributed by atoms with Crippen LogP contribution in [0.3, 0.4) is 0 Å². The Labute approximate surface area is 77.6 Å². The number of aryl methyl sites for hydroxylation is 1. The van der Waals surface area contributed by atoms with Crippen LogP contribution in [0.15, 0.2) is 18.3 Å². The molecule has 0 N–H and O–H groups in total. The van der Waals surface area contributed by atoms with E-state index in [0.717, 1.165) is 0 Å². The Morgan fingerprint density at radius 1 is 1.50 bits per heavy atom. The van der Waals surface area contributed by atoms with Crippen molar-refractivity contribution in [3.05, 3.63) is 29.6 Å². The highest BCUT2D eigenvalue weighted by Gasteiger charge is 2.03. The summed E-state index contributed by atoms with van der Waals surface area (Å²) in [5.41, 5.74) is 1.15. The predicted molar refractivity (Wildman–Crippen MR) is 50.5 cm³/mol. The third kappa shape index (κ3) is 3.01. The first-order chi connectivity index (χ1) is 5.72. The van der Waals surface area contributed by atoms with Crippen LogP contribution in [0.2, 0.25) is 0 Å². The maximum absolute atomic E-state index is 10.6. The Morgan fingerprint density at radius 3 is 2.42 bits per heavy atom. The molecule has 0 aliphatic rings. The average Bonchev–Trinajstić information content (AvgIpc) is 2.08. The van der Waals surface area contributed by atoms with E-state index in [9.17, 15) is 4.79 Å². The lowest BCUT2D eigenvalue weighted by Crippen LogP contribution is -1.94. The number of aromatic nitrogens is 1. The van der Waals surface area contributed by atoms with Gasteiger partial charge in [-0.2, -0.15) is 0 Å². The fourth-order valence-corrected chi connectivity index (χ4v) is 0.892. The van der Waals surface area contributed by atoms with Crippen LogP contribution in [0.25, 0.3) is 0 Å². The number of pyridine rings is 1. The number of rotatable bonds is 1. The van der Waals surface area contributed by atoms with Gasteiger partial charge in [0.05, 0.1) is 5.56 Å². The van der Waals surface area contributed by atoms with Gasteiger partial charge in [0.25, 0.3) is 5.24 Å². The van der Waals surface area contributed by atoms with Gasteiger partial charge >= 0.3 is 0 Å². The minimum absolute atomic E-state index is 0.453. The molecule has 12 heavy (non-hydrogen) atoms. The summed E-state index contributed by atoms with van der Waals surface area (Å²) in [4.78, 5) is 14.5. The van der Waals surface area contributed by atoms with Gasteiger partial charge in [-0.1, -0.05) is 13.8 Å². The summed E-state index contributed by atoms with van der Waals surface area (Å²) in [5.74, 6) is 0. The van der Waals surface area contributed by atoms with Gasteiger partial charge in [-0.15, -0.1) is 0 Å². The lowest BCUT2D eigenvalue weighted by atomic mass is 10.2. The maximum atomic E-state index is 10.6. The highest BCUT2D eigenvalue weighted by atomic mass is 35.5. The molecule has 1 rings (SSSR count). The molecule has 0 bridgehead atoms. The third-order valence-electron chi connectivity index (χ3n) is 1.22. The van der Waals surface area contributed by atoms with E-state index in [-0.39, 0.29) is 0 Å². The molecule has 0 spiro atoms. The van der Waals surface area contributed by atoms with Crippen LogP contribution in [0, 0.1) is 6.92 Å². The molecule has 0 aliphatic heterocycles. The number of carbonyl (C=O) groups is 1. The third-order valence-corrected chi connectivity index (χ3v) is 1.42. The highest BCUT2D eigenvalue weighted by molar-refractivity contribution is 6.67. The van der Waals surface area contributed by atoms with Crippen LogP contribution >= 0.6 is 11.6 Å². The zero-order valence-corrected chi connectivity index (χ0v) is 8.22. The van der Waals surface area contributed by atoms with Crippen LogP contribution in [0.4, 0.5) is 0 Å². The summed E-state index contributed by atoms with van der Waals surface area (Å²) >= 11 is 5.23. The van der Waals surface area contributed by atoms with Crippen molar-refractivity contribution in [2.24, 2.45) is 0 Å². The first kappa shape index (κ1) is 11.1. The van der Waals surface area contributed by atoms with Gasteiger partial charge in [-0.3, -0.25) is 9.78 Å². The molecule has 0 atom stereocenters. The topological polar surface area (TPSA) is 30.0 Å². The Morgan fingerprint density at radius 2 is 2.08 bits per heavy atom. The summed E-state index contributed by atoms with van der Waals surface area (Å²) in [7, 11) is 0. The Hall–Kier alpha value is -0.890. The monoisotopic (exact) mass is 185 g/mol. The van der Waals surface area contributed by atoms with Crippen molar-refractivity contribution in [2.45, 2.75) is 20.8 Å². The smallest absolute Gasteiger partial charge is 0.254 e. The van der Waals surface area contributed by atoms with Gasteiger partial charge in [-0.25, -0.2) is 0 Å². The molecule has 0 saturated heterocycles. The van der Waals surface area contributed by atoms with E-state index in [2.05, 4.69) is 4.98 Å². The van der Waals surface area contributed by atoms with Crippen LogP contribution < -0.4 is 0 Å². The molecule has 3 heteroatoms. The van der Waals surface area contributed by atoms with Gasteiger partial charge in [0.1, 0.15) is 0 Å². The Bertz CT molecular complexity index is 260. The molecule has 0 radical (unpaired) electrons. The second-order valence-corrected chi connectivity index (χ2v) is 2.25. The second kappa shape index (κ2) is 5.72. The van der Waals surface area contributed by atoms with Gasteiger partial charge < -0.3 is 0 Å². The fraction of sp³-hybridized carbons (Fsp3) is 0.333. The van der Waals surface area contributed by atoms with Crippen LogP contribution in [0.5, 0.6) is 0 Å². The predicted octanol–water partition coefficient (Wildman–Crippen LogP) is 2.80. The summed E-state index contributed by atoms with van der Waals surface area (Å²) in [6.07, 6.45) is 1.62. The van der Waals surface area contributed by atoms with E-state index in [1.165, 1.54) is 0 Å². The summed E-state index contributed by atoms with van der Waals surface area (Å²) in [6, 6.07) is 3.33. The van der Waals surface area contributed by atoms with Crippen LogP contribution in [0.1, 0.15) is 29.9 Å². The Kier molecular flexibility index (Phi) is 5.30. The largest absolute Gasteiger partial charge is 0.276 e. The number of hydrogen-bond donors (Lipinski definition) is 0. The van der Waals surface area contributed by atoms with Crippen molar-refractivity contribution >= 4 is 16.8 Å². The Balaban J connectivity index is 0.000000561. The molecule has 66 valence electrons. The molecule has 0 saturated carbocycles. The van der Waals surface area contributed by atoms with E-state index < -0.39 is 5.24 Å². The van der Waals surface area contributed by atoms with Crippen molar-refractivity contribution in [1.29, 1.82) is 0 Å². The summed E-state index contributed by atoms with van der Waals surface area (Å²) < 4.78 is 0. The van der Waals surface area contributed by atoms with Crippen molar-refractivity contribution in [2.75, 3.05) is 0 Å². The van der Waals surface area contributed by atoms with Gasteiger partial charge in [0, 0.05) is 11.9 Å². The van der Waals surface area contributed by atoms with Crippen LogP contribution in [-0.2, 0) is 0 Å². The molecule has 0 fully saturated rings. The van der Waals surface area contributed by atoms with Gasteiger partial charge in [-0.05, 0) is 30.7 Å². The number of hydrogen-bond acceptors (Lipinski definition) is 2. The quantitative estimate of drug-likeness (QED) is 0.630. The van der Waals surface area contributed by atoms with Gasteiger partial charge in [0.2, 0.25) is 0 Å². The fourth-order valence-electron chi connectivity index (χ4n) is 0.692. The molecule has 0 amide bonds. The highest BCUT2D eigenvalue weighted by Crippen LogP contribution is 2.06. The molecule has 1 aromatic rings. The molecule has 1 heterocycles. The molecule has 1 aromatic heterocycles. The van der Waals surface area contributed by atoms with E-state index in [4.69, 9.17) is 11.6 Å². The summed E-state index contributed by atoms with van der Waals surface area (Å²) in [5, 5.41) is -0.453. The van der Waals surface area contributed by atoms with Crippen molar-refractivity contribution in [3.63, 3.8) is 0 Å². The van der Waals surface area contributed by atoms with E-state index >= 15 is 0 Å². The number of nitrogens with zero attached hydrogens (tertiary/aromatic N) is 1. The average molecular weight is 186 g/mol. The first-order valence-corrected chi connectivity index (χ1v) is 4.21. The van der Waals surface area contributed by atoms with Gasteiger partial charge in [0.15, 0.2) is 0 Å². The zero-order chi connectivity index (χ0) is 9.56. The maximum Gasteiger partial charge on any atom is 0.254 e. The van der Waals surface area contributed by atoms with Crippen molar-refractivity contribution < 1.29 is 4.79 Å². The molecular formula is C9H12ClNO. The molecular weight excluding hydrogens is 174 g/mol. The van der Waals surface area contributed by atoms with Crippen molar-refractivity contribution in [1.82, 2.24) is 4.98 Å². The molecule has 0 aromatic carbocycles. The second-order valence-electron chi connectivity index (χ2n) is 1.91. The van der Waals surface area contributed by atoms with Crippen LogP contribution in [-0.4, -0.2) is 10.2 Å². The lowest BCUT2D eigenvalue weighted by molar-refractivity contribution is 0.108. The van der Waals surface area contributed by atoms with E-state index in [1.54, 1.807) is 25.3 Å². The standard InChI is InChI=1S/C7H6ClNO.C2H6/c1-5-6(7(8)10)3-2-4-9-5;1-2/h2-4H,1H3;1-2H3. The first-order valence-electron chi connectivity index (χ1n) is 3.83. The normalized spacial score (nSPS) is 8.33. The van der Waals surface area contributed by atoms with E-state index in [1.807, 2.05) is 13.8 Å². The lowest BCUT2D eigenvalue weighted by Gasteiger charge is -1.95. The zero-order valence-electron chi connectivity index (χ0n) is 7.47. The minimum atomic E-state index is -0.453. The molecule has 0 aliphatic carbocycles. The van der Waals surface area contributed by atoms with E-state index in [0.29, 0.717) is 11.3 Å². The molecule has 2 nitrogen and oxygen atoms in total. The van der Waals surface area contributed by atoms with Crippen molar-refractivity contribution in [3.8, 4) is 0 Å².